The lowest BCUT2D eigenvalue weighted by Crippen LogP contribution is -2.16. The van der Waals surface area contributed by atoms with Gasteiger partial charge in [-0.2, -0.15) is 13.2 Å². The average molecular weight is 340 g/mol. The predicted octanol–water partition coefficient (Wildman–Crippen LogP) is 5.23. The van der Waals surface area contributed by atoms with Crippen LogP contribution in [0.5, 0.6) is 0 Å². The zero-order valence-electron chi connectivity index (χ0n) is 12.1. The number of alkyl halides is 3. The Labute approximate surface area is 136 Å². The highest BCUT2D eigenvalue weighted by molar-refractivity contribution is 6.30. The lowest BCUT2D eigenvalue weighted by atomic mass is 10.0. The SMILES string of the molecule is Cc1cc(Cl)ccc1NC(=O)/C=C(/c1ccccc1)C(F)(F)F. The van der Waals surface area contributed by atoms with Gasteiger partial charge in [0.1, 0.15) is 0 Å². The molecule has 120 valence electrons. The molecule has 0 fully saturated rings. The molecule has 23 heavy (non-hydrogen) atoms. The maximum atomic E-state index is 13.2. The van der Waals surface area contributed by atoms with Crippen molar-refractivity contribution in [3.8, 4) is 0 Å². The molecular formula is C17H13ClF3NO. The molecule has 0 atom stereocenters. The molecule has 0 aliphatic carbocycles. The molecule has 6 heteroatoms. The summed E-state index contributed by atoms with van der Waals surface area (Å²) in [7, 11) is 0. The summed E-state index contributed by atoms with van der Waals surface area (Å²) >= 11 is 5.80. The van der Waals surface area contributed by atoms with Crippen molar-refractivity contribution in [2.24, 2.45) is 0 Å². The van der Waals surface area contributed by atoms with Gasteiger partial charge in [-0.3, -0.25) is 4.79 Å². The van der Waals surface area contributed by atoms with Gasteiger partial charge in [0.2, 0.25) is 5.91 Å². The first kappa shape index (κ1) is 17.1. The number of aryl methyl sites for hydroxylation is 1. The predicted molar refractivity (Wildman–Crippen MR) is 85.3 cm³/mol. The van der Waals surface area contributed by atoms with Gasteiger partial charge < -0.3 is 5.32 Å². The molecule has 0 aliphatic heterocycles. The number of halogens is 4. The number of hydrogen-bond donors (Lipinski definition) is 1. The van der Waals surface area contributed by atoms with Crippen molar-refractivity contribution in [3.63, 3.8) is 0 Å². The van der Waals surface area contributed by atoms with Crippen LogP contribution in [-0.4, -0.2) is 12.1 Å². The van der Waals surface area contributed by atoms with Gasteiger partial charge in [0, 0.05) is 16.8 Å². The molecule has 0 spiro atoms. The Hall–Kier alpha value is -2.27. The molecule has 1 amide bonds. The Bertz CT molecular complexity index is 739. The van der Waals surface area contributed by atoms with Crippen molar-refractivity contribution in [1.29, 1.82) is 0 Å². The molecule has 1 N–H and O–H groups in total. The summed E-state index contributed by atoms with van der Waals surface area (Å²) in [5.74, 6) is -0.855. The number of carbonyl (C=O) groups excluding carboxylic acids is 1. The van der Waals surface area contributed by atoms with Crippen LogP contribution >= 0.6 is 11.6 Å². The van der Waals surface area contributed by atoms with Crippen LogP contribution < -0.4 is 5.32 Å². The van der Waals surface area contributed by atoms with Gasteiger partial charge in [0.25, 0.3) is 0 Å². The molecule has 0 unspecified atom stereocenters. The van der Waals surface area contributed by atoms with Crippen LogP contribution in [0.25, 0.3) is 5.57 Å². The number of rotatable bonds is 3. The smallest absolute Gasteiger partial charge is 0.322 e. The Morgan fingerprint density at radius 2 is 1.78 bits per heavy atom. The van der Waals surface area contributed by atoms with Crippen LogP contribution in [0.1, 0.15) is 11.1 Å². The second-order valence-corrected chi connectivity index (χ2v) is 5.31. The molecule has 2 aromatic carbocycles. The third-order valence-electron chi connectivity index (χ3n) is 3.11. The Balaban J connectivity index is 2.30. The van der Waals surface area contributed by atoms with Crippen molar-refractivity contribution in [2.75, 3.05) is 5.32 Å². The quantitative estimate of drug-likeness (QED) is 0.762. The second kappa shape index (κ2) is 6.87. The minimum absolute atomic E-state index is 0.0667. The van der Waals surface area contributed by atoms with E-state index in [-0.39, 0.29) is 5.56 Å². The highest BCUT2D eigenvalue weighted by Gasteiger charge is 2.35. The Morgan fingerprint density at radius 1 is 1.13 bits per heavy atom. The second-order valence-electron chi connectivity index (χ2n) is 4.87. The maximum Gasteiger partial charge on any atom is 0.417 e. The van der Waals surface area contributed by atoms with E-state index in [0.29, 0.717) is 22.3 Å². The Kier molecular flexibility index (Phi) is 5.11. The molecule has 0 bridgehead atoms. The first-order chi connectivity index (χ1) is 10.8. The summed E-state index contributed by atoms with van der Waals surface area (Å²) in [6.45, 7) is 1.70. The van der Waals surface area contributed by atoms with Gasteiger partial charge in [-0.25, -0.2) is 0 Å². The maximum absolute atomic E-state index is 13.2. The van der Waals surface area contributed by atoms with Crippen LogP contribution in [0.15, 0.2) is 54.6 Å². The van der Waals surface area contributed by atoms with Crippen molar-refractivity contribution in [3.05, 3.63) is 70.8 Å². The third kappa shape index (κ3) is 4.60. The molecule has 2 aromatic rings. The van der Waals surface area contributed by atoms with Crippen LogP contribution in [0, 0.1) is 6.92 Å². The van der Waals surface area contributed by atoms with E-state index in [2.05, 4.69) is 5.32 Å². The van der Waals surface area contributed by atoms with Crippen molar-refractivity contribution >= 4 is 28.8 Å². The minimum atomic E-state index is -4.63. The number of nitrogens with one attached hydrogen (secondary N) is 1. The summed E-state index contributed by atoms with van der Waals surface area (Å²) in [5, 5.41) is 2.92. The van der Waals surface area contributed by atoms with Crippen molar-refractivity contribution in [2.45, 2.75) is 13.1 Å². The number of hydrogen-bond acceptors (Lipinski definition) is 1. The molecule has 0 saturated heterocycles. The van der Waals surface area contributed by atoms with Crippen LogP contribution in [0.3, 0.4) is 0 Å². The molecule has 0 aromatic heterocycles. The molecular weight excluding hydrogens is 327 g/mol. The zero-order chi connectivity index (χ0) is 17.0. The minimum Gasteiger partial charge on any atom is -0.322 e. The lowest BCUT2D eigenvalue weighted by molar-refractivity contribution is -0.112. The van der Waals surface area contributed by atoms with E-state index in [9.17, 15) is 18.0 Å². The fourth-order valence-electron chi connectivity index (χ4n) is 2.01. The highest BCUT2D eigenvalue weighted by atomic mass is 35.5. The van der Waals surface area contributed by atoms with E-state index < -0.39 is 17.7 Å². The van der Waals surface area contributed by atoms with Crippen molar-refractivity contribution in [1.82, 2.24) is 0 Å². The number of amides is 1. The average Bonchev–Trinajstić information content (AvgIpc) is 2.47. The van der Waals surface area contributed by atoms with Crippen LogP contribution in [0.2, 0.25) is 5.02 Å². The van der Waals surface area contributed by atoms with Crippen molar-refractivity contribution < 1.29 is 18.0 Å². The highest BCUT2D eigenvalue weighted by Crippen LogP contribution is 2.33. The van der Waals surface area contributed by atoms with E-state index in [1.807, 2.05) is 0 Å². The summed E-state index contributed by atoms with van der Waals surface area (Å²) in [6.07, 6.45) is -4.07. The molecule has 0 saturated carbocycles. The lowest BCUT2D eigenvalue weighted by Gasteiger charge is -2.12. The summed E-state index contributed by atoms with van der Waals surface area (Å²) in [6, 6.07) is 11.9. The summed E-state index contributed by atoms with van der Waals surface area (Å²) in [4.78, 5) is 12.0. The standard InChI is InChI=1S/C17H13ClF3NO/c1-11-9-13(18)7-8-15(11)22-16(23)10-14(17(19,20)21)12-5-3-2-4-6-12/h2-10H,1H3,(H,22,23)/b14-10-. The first-order valence-electron chi connectivity index (χ1n) is 6.69. The van der Waals surface area contributed by atoms with Gasteiger partial charge in [-0.1, -0.05) is 41.9 Å². The largest absolute Gasteiger partial charge is 0.417 e. The van der Waals surface area contributed by atoms with Gasteiger partial charge in [-0.05, 0) is 36.2 Å². The number of allylic oxidation sites excluding steroid dienone is 1. The molecule has 2 nitrogen and oxygen atoms in total. The normalized spacial score (nSPS) is 12.1. The fraction of sp³-hybridized carbons (Fsp3) is 0.118. The van der Waals surface area contributed by atoms with Gasteiger partial charge >= 0.3 is 6.18 Å². The zero-order valence-corrected chi connectivity index (χ0v) is 12.9. The topological polar surface area (TPSA) is 29.1 Å². The molecule has 0 aliphatic rings. The molecule has 2 rings (SSSR count). The van der Waals surface area contributed by atoms with E-state index in [1.165, 1.54) is 24.3 Å². The number of benzene rings is 2. The monoisotopic (exact) mass is 339 g/mol. The fourth-order valence-corrected chi connectivity index (χ4v) is 2.24. The van der Waals surface area contributed by atoms with E-state index in [4.69, 9.17) is 11.6 Å². The summed E-state index contributed by atoms with van der Waals surface area (Å²) < 4.78 is 39.5. The number of anilines is 1. The molecule has 0 heterocycles. The van der Waals surface area contributed by atoms with Gasteiger partial charge in [-0.15, -0.1) is 0 Å². The van der Waals surface area contributed by atoms with Gasteiger partial charge in [0.05, 0.1) is 5.57 Å². The van der Waals surface area contributed by atoms with Gasteiger partial charge in [0.15, 0.2) is 0 Å². The summed E-state index contributed by atoms with van der Waals surface area (Å²) in [5.41, 5.74) is 0.00273. The van der Waals surface area contributed by atoms with E-state index >= 15 is 0 Å². The van der Waals surface area contributed by atoms with E-state index in [0.717, 1.165) is 0 Å². The van der Waals surface area contributed by atoms with Crippen LogP contribution in [0.4, 0.5) is 18.9 Å². The van der Waals surface area contributed by atoms with Crippen LogP contribution in [-0.2, 0) is 4.79 Å². The molecule has 0 radical (unpaired) electrons. The van der Waals surface area contributed by atoms with E-state index in [1.54, 1.807) is 31.2 Å². The first-order valence-corrected chi connectivity index (χ1v) is 7.06. The third-order valence-corrected chi connectivity index (χ3v) is 3.35. The number of carbonyl (C=O) groups is 1. The Morgan fingerprint density at radius 3 is 2.35 bits per heavy atom.